The zero-order chi connectivity index (χ0) is 20.4. The molecule has 0 radical (unpaired) electrons. The number of rotatable bonds is 9. The molecule has 28 heavy (non-hydrogen) atoms. The van der Waals surface area contributed by atoms with Crippen molar-refractivity contribution in [3.8, 4) is 5.75 Å². The zero-order valence-corrected chi connectivity index (χ0v) is 16.5. The van der Waals surface area contributed by atoms with Crippen LogP contribution in [0.25, 0.3) is 0 Å². The summed E-state index contributed by atoms with van der Waals surface area (Å²) in [5, 5.41) is 3.23. The summed E-state index contributed by atoms with van der Waals surface area (Å²) in [6.45, 7) is 1.38. The molecule has 0 saturated heterocycles. The Hall–Kier alpha value is -3.03. The fraction of sp³-hybridized carbons (Fsp3) is 0.400. The monoisotopic (exact) mass is 390 g/mol. The molecule has 0 atom stereocenters. The van der Waals surface area contributed by atoms with Gasteiger partial charge in [-0.2, -0.15) is 0 Å². The third-order valence-corrected chi connectivity index (χ3v) is 3.98. The van der Waals surface area contributed by atoms with E-state index < -0.39 is 5.82 Å². The Morgan fingerprint density at radius 3 is 2.68 bits per heavy atom. The SMILES string of the molecule is CN(C)C(=O)CN=C(NCCc1ccco1)N(C)CCOc1ccccc1F. The second kappa shape index (κ2) is 11.0. The van der Waals surface area contributed by atoms with Crippen molar-refractivity contribution in [3.63, 3.8) is 0 Å². The molecule has 7 nitrogen and oxygen atoms in total. The summed E-state index contributed by atoms with van der Waals surface area (Å²) in [4.78, 5) is 19.6. The number of aliphatic imine (C=N–C) groups is 1. The van der Waals surface area contributed by atoms with E-state index in [1.54, 1.807) is 38.6 Å². The van der Waals surface area contributed by atoms with E-state index in [4.69, 9.17) is 9.15 Å². The fourth-order valence-corrected chi connectivity index (χ4v) is 2.31. The molecule has 1 N–H and O–H groups in total. The van der Waals surface area contributed by atoms with E-state index in [2.05, 4.69) is 10.3 Å². The summed E-state index contributed by atoms with van der Waals surface area (Å²) < 4.78 is 24.4. The maximum Gasteiger partial charge on any atom is 0.243 e. The van der Waals surface area contributed by atoms with Gasteiger partial charge in [0.1, 0.15) is 18.9 Å². The molecule has 0 aliphatic heterocycles. The number of guanidine groups is 1. The fourth-order valence-electron chi connectivity index (χ4n) is 2.31. The molecule has 1 heterocycles. The van der Waals surface area contributed by atoms with Crippen LogP contribution in [-0.4, -0.2) is 69.1 Å². The van der Waals surface area contributed by atoms with Crippen LogP contribution in [0.15, 0.2) is 52.1 Å². The molecule has 1 aromatic heterocycles. The quantitative estimate of drug-likeness (QED) is 0.524. The molecule has 152 valence electrons. The minimum absolute atomic E-state index is 0.0363. The lowest BCUT2D eigenvalue weighted by Crippen LogP contribution is -2.42. The van der Waals surface area contributed by atoms with E-state index in [0.717, 1.165) is 5.76 Å². The highest BCUT2D eigenvalue weighted by atomic mass is 19.1. The van der Waals surface area contributed by atoms with E-state index in [9.17, 15) is 9.18 Å². The van der Waals surface area contributed by atoms with Gasteiger partial charge in [-0.25, -0.2) is 9.38 Å². The topological polar surface area (TPSA) is 70.3 Å². The number of para-hydroxylation sites is 1. The van der Waals surface area contributed by atoms with E-state index in [1.165, 1.54) is 11.0 Å². The third kappa shape index (κ3) is 6.94. The number of nitrogens with zero attached hydrogens (tertiary/aromatic N) is 3. The molecule has 0 aliphatic rings. The number of furan rings is 1. The van der Waals surface area contributed by atoms with Crippen LogP contribution < -0.4 is 10.1 Å². The molecule has 0 unspecified atom stereocenters. The number of likely N-dealkylation sites (N-methyl/N-ethyl adjacent to an activating group) is 2. The Labute approximate surface area is 164 Å². The molecule has 0 bridgehead atoms. The first-order chi connectivity index (χ1) is 13.5. The van der Waals surface area contributed by atoms with Crippen molar-refractivity contribution in [2.24, 2.45) is 4.99 Å². The number of hydrogen-bond acceptors (Lipinski definition) is 4. The zero-order valence-electron chi connectivity index (χ0n) is 16.5. The maximum atomic E-state index is 13.6. The summed E-state index contributed by atoms with van der Waals surface area (Å²) in [6, 6.07) is 10.0. The number of hydrogen-bond donors (Lipinski definition) is 1. The third-order valence-electron chi connectivity index (χ3n) is 3.98. The Morgan fingerprint density at radius 2 is 2.00 bits per heavy atom. The lowest BCUT2D eigenvalue weighted by Gasteiger charge is -2.23. The van der Waals surface area contributed by atoms with Crippen molar-refractivity contribution in [2.45, 2.75) is 6.42 Å². The molecular formula is C20H27FN4O3. The van der Waals surface area contributed by atoms with Crippen LogP contribution in [0.2, 0.25) is 0 Å². The average Bonchev–Trinajstić information content (AvgIpc) is 3.19. The second-order valence-corrected chi connectivity index (χ2v) is 6.38. The standard InChI is InChI=1S/C20H27FN4O3/c1-24(2)19(26)15-23-20(22-11-10-16-7-6-13-27-16)25(3)12-14-28-18-9-5-4-8-17(18)21/h4-9,13H,10-12,14-15H2,1-3H3,(H,22,23). The predicted octanol–water partition coefficient (Wildman–Crippen LogP) is 2.01. The summed E-state index contributed by atoms with van der Waals surface area (Å²) in [6.07, 6.45) is 2.32. The Morgan fingerprint density at radius 1 is 1.21 bits per heavy atom. The molecule has 0 spiro atoms. The number of benzene rings is 1. The van der Waals surface area contributed by atoms with Crippen molar-refractivity contribution in [1.82, 2.24) is 15.1 Å². The number of halogens is 1. The predicted molar refractivity (Wildman–Crippen MR) is 106 cm³/mol. The number of carbonyl (C=O) groups excluding carboxylic acids is 1. The molecular weight excluding hydrogens is 363 g/mol. The van der Waals surface area contributed by atoms with Crippen LogP contribution in [0.1, 0.15) is 5.76 Å². The van der Waals surface area contributed by atoms with Crippen molar-refractivity contribution < 1.29 is 18.3 Å². The summed E-state index contributed by atoms with van der Waals surface area (Å²) in [7, 11) is 5.21. The maximum absolute atomic E-state index is 13.6. The van der Waals surface area contributed by atoms with Gasteiger partial charge in [0.2, 0.25) is 5.91 Å². The molecule has 8 heteroatoms. The van der Waals surface area contributed by atoms with Gasteiger partial charge >= 0.3 is 0 Å². The Kier molecular flexibility index (Phi) is 8.33. The summed E-state index contributed by atoms with van der Waals surface area (Å²) >= 11 is 0. The summed E-state index contributed by atoms with van der Waals surface area (Å²) in [5.41, 5.74) is 0. The van der Waals surface area contributed by atoms with Crippen molar-refractivity contribution in [2.75, 3.05) is 47.4 Å². The molecule has 0 saturated carbocycles. The van der Waals surface area contributed by atoms with Crippen LogP contribution in [0.5, 0.6) is 5.75 Å². The van der Waals surface area contributed by atoms with Gasteiger partial charge < -0.3 is 24.3 Å². The summed E-state index contributed by atoms with van der Waals surface area (Å²) in [5.74, 6) is 1.15. The first-order valence-corrected chi connectivity index (χ1v) is 9.06. The highest BCUT2D eigenvalue weighted by Crippen LogP contribution is 2.15. The van der Waals surface area contributed by atoms with Crippen molar-refractivity contribution in [3.05, 3.63) is 54.2 Å². The van der Waals surface area contributed by atoms with E-state index >= 15 is 0 Å². The molecule has 0 fully saturated rings. The van der Waals surface area contributed by atoms with E-state index in [0.29, 0.717) is 25.5 Å². The number of nitrogens with one attached hydrogen (secondary N) is 1. The van der Waals surface area contributed by atoms with Gasteiger partial charge in [0.05, 0.1) is 12.8 Å². The largest absolute Gasteiger partial charge is 0.489 e. The van der Waals surface area contributed by atoms with Crippen LogP contribution in [-0.2, 0) is 11.2 Å². The highest BCUT2D eigenvalue weighted by Gasteiger charge is 2.10. The smallest absolute Gasteiger partial charge is 0.243 e. The van der Waals surface area contributed by atoms with E-state index in [-0.39, 0.29) is 24.8 Å². The second-order valence-electron chi connectivity index (χ2n) is 6.38. The Bertz CT molecular complexity index is 763. The molecule has 2 aromatic rings. The normalized spacial score (nSPS) is 11.2. The van der Waals surface area contributed by atoms with Gasteiger partial charge in [-0.15, -0.1) is 0 Å². The van der Waals surface area contributed by atoms with Crippen LogP contribution in [0.4, 0.5) is 4.39 Å². The average molecular weight is 390 g/mol. The van der Waals surface area contributed by atoms with Crippen LogP contribution >= 0.6 is 0 Å². The number of carbonyl (C=O) groups is 1. The van der Waals surface area contributed by atoms with E-state index in [1.807, 2.05) is 24.1 Å². The minimum Gasteiger partial charge on any atom is -0.489 e. The number of ether oxygens (including phenoxy) is 1. The van der Waals surface area contributed by atoms with Gasteiger partial charge in [-0.05, 0) is 24.3 Å². The van der Waals surface area contributed by atoms with Crippen LogP contribution in [0.3, 0.4) is 0 Å². The van der Waals surface area contributed by atoms with Gasteiger partial charge in [0, 0.05) is 34.1 Å². The molecule has 1 amide bonds. The first-order valence-electron chi connectivity index (χ1n) is 9.06. The van der Waals surface area contributed by atoms with Crippen molar-refractivity contribution >= 4 is 11.9 Å². The Balaban J connectivity index is 1.90. The first kappa shape index (κ1) is 21.3. The molecule has 1 aromatic carbocycles. The van der Waals surface area contributed by atoms with Crippen molar-refractivity contribution in [1.29, 1.82) is 0 Å². The molecule has 0 aliphatic carbocycles. The highest BCUT2D eigenvalue weighted by molar-refractivity contribution is 5.84. The van der Waals surface area contributed by atoms with Gasteiger partial charge in [-0.3, -0.25) is 4.79 Å². The lowest BCUT2D eigenvalue weighted by atomic mass is 10.3. The van der Waals surface area contributed by atoms with Gasteiger partial charge in [0.25, 0.3) is 0 Å². The number of amides is 1. The lowest BCUT2D eigenvalue weighted by molar-refractivity contribution is -0.127. The van der Waals surface area contributed by atoms with Crippen LogP contribution in [0, 0.1) is 5.82 Å². The molecule has 2 rings (SSSR count). The van der Waals surface area contributed by atoms with Gasteiger partial charge in [0.15, 0.2) is 17.5 Å². The minimum atomic E-state index is -0.396. The van der Waals surface area contributed by atoms with Gasteiger partial charge in [-0.1, -0.05) is 12.1 Å².